The van der Waals surface area contributed by atoms with Crippen molar-refractivity contribution in [2.75, 3.05) is 43.4 Å². The van der Waals surface area contributed by atoms with Gasteiger partial charge < -0.3 is 20.5 Å². The van der Waals surface area contributed by atoms with Crippen molar-refractivity contribution in [1.82, 2.24) is 14.9 Å². The average molecular weight is 529 g/mol. The number of aliphatic hydroxyl groups excluding tert-OH is 1. The van der Waals surface area contributed by atoms with Gasteiger partial charge in [-0.05, 0) is 44.2 Å². The third-order valence-corrected chi connectivity index (χ3v) is 6.76. The quantitative estimate of drug-likeness (QED) is 0.293. The average Bonchev–Trinajstić information content (AvgIpc) is 2.85. The van der Waals surface area contributed by atoms with E-state index in [1.807, 2.05) is 26.0 Å². The first kappa shape index (κ1) is 26.2. The number of aliphatic hydroxyl groups is 1. The van der Waals surface area contributed by atoms with Crippen molar-refractivity contribution in [3.05, 3.63) is 75.7 Å². The third-order valence-electron chi connectivity index (χ3n) is 6.16. The lowest BCUT2D eigenvalue weighted by Crippen LogP contribution is -2.48. The van der Waals surface area contributed by atoms with Crippen molar-refractivity contribution in [3.8, 4) is 5.75 Å². The highest BCUT2D eigenvalue weighted by Gasteiger charge is 2.20. The predicted octanol–water partition coefficient (Wildman–Crippen LogP) is 4.42. The van der Waals surface area contributed by atoms with E-state index in [0.29, 0.717) is 44.7 Å². The zero-order valence-electron chi connectivity index (χ0n) is 20.3. The fraction of sp³-hybridized carbons (Fsp3) is 0.346. The molecular weight excluding hydrogens is 499 g/mol. The Hall–Kier alpha value is -2.91. The number of nitrogen functional groups attached to an aromatic ring is 1. The van der Waals surface area contributed by atoms with Gasteiger partial charge in [-0.25, -0.2) is 4.98 Å². The van der Waals surface area contributed by atoms with Gasteiger partial charge in [0.15, 0.2) is 0 Å². The molecule has 10 heteroatoms. The van der Waals surface area contributed by atoms with Crippen molar-refractivity contribution < 1.29 is 9.84 Å². The van der Waals surface area contributed by atoms with Crippen LogP contribution < -0.4 is 15.4 Å². The van der Waals surface area contributed by atoms with Gasteiger partial charge >= 0.3 is 0 Å². The maximum atomic E-state index is 9.60. The van der Waals surface area contributed by atoms with Gasteiger partial charge in [-0.1, -0.05) is 23.2 Å². The molecule has 0 radical (unpaired) electrons. The summed E-state index contributed by atoms with van der Waals surface area (Å²) in [5.41, 5.74) is 8.79. The largest absolute Gasteiger partial charge is 0.486 e. The Balaban J connectivity index is 1.45. The summed E-state index contributed by atoms with van der Waals surface area (Å²) in [6.07, 6.45) is 4.00. The summed E-state index contributed by atoms with van der Waals surface area (Å²) in [5.74, 6) is 1.41. The molecule has 2 aromatic heterocycles. The van der Waals surface area contributed by atoms with E-state index in [1.165, 1.54) is 12.4 Å². The second-order valence-corrected chi connectivity index (χ2v) is 9.76. The van der Waals surface area contributed by atoms with E-state index in [1.54, 1.807) is 24.4 Å². The molecule has 1 aliphatic rings. The lowest BCUT2D eigenvalue weighted by molar-refractivity contribution is 0.122. The van der Waals surface area contributed by atoms with E-state index in [2.05, 4.69) is 19.8 Å². The molecule has 3 heterocycles. The number of ether oxygens (including phenoxy) is 1. The van der Waals surface area contributed by atoms with Crippen LogP contribution in [0, 0.1) is 5.41 Å². The summed E-state index contributed by atoms with van der Waals surface area (Å²) in [6.45, 7) is 7.77. The number of β-amino-alcohol motifs (C(OH)–C–C–N with tert-alkyl or cyclic N) is 1. The van der Waals surface area contributed by atoms with Gasteiger partial charge in [0, 0.05) is 73.7 Å². The topological polar surface area (TPSA) is 112 Å². The Kier molecular flexibility index (Phi) is 8.31. The number of nitrogens with one attached hydrogen (secondary N) is 1. The monoisotopic (exact) mass is 528 g/mol. The Labute approximate surface area is 221 Å². The molecule has 1 fully saturated rings. The van der Waals surface area contributed by atoms with Gasteiger partial charge in [0.2, 0.25) is 0 Å². The molecule has 36 heavy (non-hydrogen) atoms. The molecule has 0 saturated carbocycles. The first-order chi connectivity index (χ1) is 17.2. The molecule has 8 nitrogen and oxygen atoms in total. The van der Waals surface area contributed by atoms with Gasteiger partial charge in [0.25, 0.3) is 0 Å². The van der Waals surface area contributed by atoms with Crippen LogP contribution in [0.25, 0.3) is 0 Å². The van der Waals surface area contributed by atoms with Crippen LogP contribution >= 0.6 is 23.2 Å². The van der Waals surface area contributed by atoms with Crippen LogP contribution in [0.15, 0.2) is 48.9 Å². The molecule has 0 amide bonds. The van der Waals surface area contributed by atoms with E-state index >= 15 is 0 Å². The Morgan fingerprint density at radius 2 is 1.78 bits per heavy atom. The minimum absolute atomic E-state index is 0.256. The molecule has 2 atom stereocenters. The summed E-state index contributed by atoms with van der Waals surface area (Å²) in [5, 5.41) is 19.2. The highest BCUT2D eigenvalue weighted by Crippen LogP contribution is 2.33. The first-order valence-corrected chi connectivity index (χ1v) is 12.5. The molecule has 1 aliphatic heterocycles. The molecule has 4 rings (SSSR count). The fourth-order valence-corrected chi connectivity index (χ4v) is 4.98. The standard InChI is InChI=1S/C26H30Cl2N6O2/c1-16(35)15-33-7-9-34(10-8-33)24-6-3-18(12-32-24)26(30)20-11-19(4-5-23(20)29)36-17(2)25-21(27)13-31-14-22(25)28/h3-6,11-14,16-17,30,35H,7-10,15,29H2,1-2H3/t16?,17-/m1/s1. The molecule has 0 bridgehead atoms. The summed E-state index contributed by atoms with van der Waals surface area (Å²) in [7, 11) is 0. The van der Waals surface area contributed by atoms with Gasteiger partial charge in [-0.2, -0.15) is 0 Å². The van der Waals surface area contributed by atoms with E-state index < -0.39 is 6.10 Å². The molecular formula is C26H30Cl2N6O2. The minimum Gasteiger partial charge on any atom is -0.486 e. The maximum Gasteiger partial charge on any atom is 0.128 e. The maximum absolute atomic E-state index is 9.60. The number of piperazine rings is 1. The predicted molar refractivity (Wildman–Crippen MR) is 145 cm³/mol. The van der Waals surface area contributed by atoms with Crippen molar-refractivity contribution >= 4 is 40.4 Å². The molecule has 1 unspecified atom stereocenters. The minimum atomic E-state index is -0.430. The number of hydrogen-bond acceptors (Lipinski definition) is 8. The van der Waals surface area contributed by atoms with Gasteiger partial charge in [-0.3, -0.25) is 15.3 Å². The molecule has 0 spiro atoms. The van der Waals surface area contributed by atoms with Crippen LogP contribution in [0.2, 0.25) is 10.0 Å². The summed E-state index contributed by atoms with van der Waals surface area (Å²) >= 11 is 12.5. The Bertz CT molecular complexity index is 1190. The van der Waals surface area contributed by atoms with Gasteiger partial charge in [0.1, 0.15) is 17.7 Å². The highest BCUT2D eigenvalue weighted by atomic mass is 35.5. The lowest BCUT2D eigenvalue weighted by atomic mass is 10.0. The number of nitrogens with two attached hydrogens (primary N) is 1. The van der Waals surface area contributed by atoms with Crippen LogP contribution in [0.4, 0.5) is 11.5 Å². The number of halogens is 2. The fourth-order valence-electron chi connectivity index (χ4n) is 4.31. The zero-order chi connectivity index (χ0) is 25.8. The Morgan fingerprint density at radius 1 is 1.08 bits per heavy atom. The first-order valence-electron chi connectivity index (χ1n) is 11.8. The highest BCUT2D eigenvalue weighted by molar-refractivity contribution is 6.35. The molecule has 3 aromatic rings. The van der Waals surface area contributed by atoms with E-state index in [-0.39, 0.29) is 11.8 Å². The molecule has 190 valence electrons. The molecule has 4 N–H and O–H groups in total. The summed E-state index contributed by atoms with van der Waals surface area (Å²) in [6, 6.07) is 9.03. The van der Waals surface area contributed by atoms with E-state index in [9.17, 15) is 5.11 Å². The number of anilines is 2. The van der Waals surface area contributed by atoms with Crippen molar-refractivity contribution in [3.63, 3.8) is 0 Å². The van der Waals surface area contributed by atoms with Gasteiger partial charge in [0.05, 0.1) is 21.9 Å². The molecule has 0 aliphatic carbocycles. The summed E-state index contributed by atoms with van der Waals surface area (Å²) in [4.78, 5) is 13.1. The smallest absolute Gasteiger partial charge is 0.128 e. The van der Waals surface area contributed by atoms with E-state index in [0.717, 1.165) is 32.0 Å². The lowest BCUT2D eigenvalue weighted by Gasteiger charge is -2.35. The number of aromatic nitrogens is 2. The van der Waals surface area contributed by atoms with Crippen molar-refractivity contribution in [1.29, 1.82) is 5.41 Å². The number of rotatable bonds is 8. The molecule has 1 aromatic carbocycles. The van der Waals surface area contributed by atoms with Crippen molar-refractivity contribution in [2.45, 2.75) is 26.1 Å². The number of benzene rings is 1. The summed E-state index contributed by atoms with van der Waals surface area (Å²) < 4.78 is 6.08. The van der Waals surface area contributed by atoms with E-state index in [4.69, 9.17) is 39.1 Å². The zero-order valence-corrected chi connectivity index (χ0v) is 21.8. The van der Waals surface area contributed by atoms with Crippen LogP contribution in [-0.4, -0.2) is 64.5 Å². The van der Waals surface area contributed by atoms with Crippen LogP contribution in [0.5, 0.6) is 5.75 Å². The van der Waals surface area contributed by atoms with Gasteiger partial charge in [-0.15, -0.1) is 0 Å². The SMILES string of the molecule is CC(O)CN1CCN(c2ccc(C(=N)c3cc(O[C@H](C)c4c(Cl)cncc4Cl)ccc3N)cn2)CC1. The van der Waals surface area contributed by atoms with Crippen molar-refractivity contribution in [2.24, 2.45) is 0 Å². The number of hydrogen-bond donors (Lipinski definition) is 3. The Morgan fingerprint density at radius 3 is 2.39 bits per heavy atom. The number of pyridine rings is 2. The van der Waals surface area contributed by atoms with Crippen LogP contribution in [0.1, 0.15) is 36.6 Å². The second kappa shape index (κ2) is 11.4. The second-order valence-electron chi connectivity index (χ2n) is 8.94. The van der Waals surface area contributed by atoms with Crippen LogP contribution in [-0.2, 0) is 0 Å². The van der Waals surface area contributed by atoms with Crippen LogP contribution in [0.3, 0.4) is 0 Å². The normalized spacial score (nSPS) is 16.0. The molecule has 1 saturated heterocycles. The third kappa shape index (κ3) is 6.07. The number of nitrogens with zero attached hydrogens (tertiary/aromatic N) is 4.